The molecular weight excluding hydrogens is 526 g/mol. The highest BCUT2D eigenvalue weighted by atomic mass is 16.3. The minimum Gasteiger partial charge on any atom is -0.455 e. The molecule has 43 heavy (non-hydrogen) atoms. The number of furan rings is 1. The van der Waals surface area contributed by atoms with Crippen LogP contribution in [0.25, 0.3) is 33.1 Å². The first kappa shape index (κ1) is 28.3. The van der Waals surface area contributed by atoms with Crippen LogP contribution < -0.4 is 0 Å². The van der Waals surface area contributed by atoms with Crippen molar-refractivity contribution >= 4 is 33.4 Å². The van der Waals surface area contributed by atoms with Crippen molar-refractivity contribution in [1.29, 1.82) is 0 Å². The van der Waals surface area contributed by atoms with E-state index in [2.05, 4.69) is 99.2 Å². The van der Waals surface area contributed by atoms with Crippen molar-refractivity contribution in [1.82, 2.24) is 4.98 Å². The summed E-state index contributed by atoms with van der Waals surface area (Å²) in [4.78, 5) is 14.3. The fraction of sp³-hybridized carbons (Fsp3) is 0.205. The zero-order chi connectivity index (χ0) is 30.2. The first-order valence-corrected chi connectivity index (χ1v) is 14.8. The zero-order valence-electron chi connectivity index (χ0n) is 25.4. The van der Waals surface area contributed by atoms with Crippen LogP contribution in [0.5, 0.6) is 0 Å². The number of pyridine rings is 1. The van der Waals surface area contributed by atoms with Gasteiger partial charge in [0.25, 0.3) is 0 Å². The van der Waals surface area contributed by atoms with Crippen molar-refractivity contribution in [3.63, 3.8) is 0 Å². The van der Waals surface area contributed by atoms with Gasteiger partial charge < -0.3 is 4.42 Å². The number of fused-ring (bicyclic) bond motifs is 4. The molecule has 0 N–H and O–H groups in total. The number of aryl methyl sites for hydroxylation is 4. The molecule has 1 aliphatic rings. The van der Waals surface area contributed by atoms with Gasteiger partial charge in [-0.1, -0.05) is 61.7 Å². The van der Waals surface area contributed by atoms with Gasteiger partial charge in [0, 0.05) is 51.8 Å². The van der Waals surface area contributed by atoms with Gasteiger partial charge in [-0.25, -0.2) is 0 Å². The van der Waals surface area contributed by atoms with Crippen LogP contribution in [0.3, 0.4) is 0 Å². The normalized spacial score (nSPS) is 16.7. The fourth-order valence-corrected chi connectivity index (χ4v) is 6.87. The summed E-state index contributed by atoms with van der Waals surface area (Å²) < 4.78 is 6.70. The fourth-order valence-electron chi connectivity index (χ4n) is 6.87. The molecule has 6 rings (SSSR count). The SMILES string of the molecule is C=CC1=NC(C=C)C(CCc2ccc3c(oc4cc(-c5c(C)cc(C)nc5C)ccc43)c2/C(C=C)=N\C)c2ccccc21. The van der Waals surface area contributed by atoms with Gasteiger partial charge in [0.1, 0.15) is 11.2 Å². The Morgan fingerprint density at radius 3 is 2.49 bits per heavy atom. The highest BCUT2D eigenvalue weighted by Crippen LogP contribution is 2.39. The molecule has 4 nitrogen and oxygen atoms in total. The molecule has 0 amide bonds. The Labute approximate surface area is 253 Å². The summed E-state index contributed by atoms with van der Waals surface area (Å²) >= 11 is 0. The third-order valence-corrected chi connectivity index (χ3v) is 8.73. The number of nitrogens with zero attached hydrogens (tertiary/aromatic N) is 3. The lowest BCUT2D eigenvalue weighted by atomic mass is 9.80. The second-order valence-electron chi connectivity index (χ2n) is 11.3. The molecule has 3 heterocycles. The van der Waals surface area contributed by atoms with Crippen molar-refractivity contribution in [2.75, 3.05) is 7.05 Å². The van der Waals surface area contributed by atoms with Crippen LogP contribution in [0.2, 0.25) is 0 Å². The quantitative estimate of drug-likeness (QED) is 0.139. The predicted octanol–water partition coefficient (Wildman–Crippen LogP) is 9.44. The highest BCUT2D eigenvalue weighted by molar-refractivity contribution is 6.20. The summed E-state index contributed by atoms with van der Waals surface area (Å²) in [5.74, 6) is 0.208. The lowest BCUT2D eigenvalue weighted by molar-refractivity contribution is 0.559. The summed E-state index contributed by atoms with van der Waals surface area (Å²) in [5.41, 5.74) is 13.6. The Morgan fingerprint density at radius 1 is 0.977 bits per heavy atom. The van der Waals surface area contributed by atoms with E-state index >= 15 is 0 Å². The Hall–Kier alpha value is -4.83. The average Bonchev–Trinajstić information content (AvgIpc) is 3.38. The number of aliphatic imine (C=N–C) groups is 2. The number of aromatic nitrogens is 1. The van der Waals surface area contributed by atoms with Gasteiger partial charge >= 0.3 is 0 Å². The van der Waals surface area contributed by atoms with E-state index in [-0.39, 0.29) is 12.0 Å². The zero-order valence-corrected chi connectivity index (χ0v) is 25.4. The number of hydrogen-bond acceptors (Lipinski definition) is 4. The molecule has 0 aliphatic carbocycles. The molecule has 0 fully saturated rings. The summed E-state index contributed by atoms with van der Waals surface area (Å²) in [6.07, 6.45) is 7.36. The van der Waals surface area contributed by atoms with Crippen molar-refractivity contribution < 1.29 is 4.42 Å². The van der Waals surface area contributed by atoms with E-state index in [1.165, 1.54) is 16.7 Å². The largest absolute Gasteiger partial charge is 0.455 e. The molecule has 214 valence electrons. The maximum absolute atomic E-state index is 6.70. The maximum atomic E-state index is 6.70. The Morgan fingerprint density at radius 2 is 1.77 bits per heavy atom. The van der Waals surface area contributed by atoms with E-state index in [0.717, 1.165) is 79.8 Å². The van der Waals surface area contributed by atoms with E-state index in [1.807, 2.05) is 32.2 Å². The predicted molar refractivity (Wildman–Crippen MR) is 182 cm³/mol. The van der Waals surface area contributed by atoms with Crippen LogP contribution >= 0.6 is 0 Å². The molecule has 0 spiro atoms. The highest BCUT2D eigenvalue weighted by Gasteiger charge is 2.29. The number of hydrogen-bond donors (Lipinski definition) is 0. The van der Waals surface area contributed by atoms with Crippen LogP contribution in [0.4, 0.5) is 0 Å². The molecule has 5 aromatic rings. The van der Waals surface area contributed by atoms with E-state index in [9.17, 15) is 0 Å². The van der Waals surface area contributed by atoms with Crippen LogP contribution in [0, 0.1) is 20.8 Å². The number of rotatable bonds is 8. The molecule has 2 atom stereocenters. The number of allylic oxidation sites excluding steroid dienone is 2. The lowest BCUT2D eigenvalue weighted by Gasteiger charge is -2.30. The second-order valence-corrected chi connectivity index (χ2v) is 11.3. The first-order chi connectivity index (χ1) is 20.9. The van der Waals surface area contributed by atoms with E-state index in [4.69, 9.17) is 14.4 Å². The summed E-state index contributed by atoms with van der Waals surface area (Å²) in [7, 11) is 1.81. The smallest absolute Gasteiger partial charge is 0.145 e. The Kier molecular flexibility index (Phi) is 7.53. The number of benzene rings is 3. The molecule has 1 aliphatic heterocycles. The van der Waals surface area contributed by atoms with E-state index in [1.54, 1.807) is 0 Å². The maximum Gasteiger partial charge on any atom is 0.145 e. The monoisotopic (exact) mass is 563 g/mol. The summed E-state index contributed by atoms with van der Waals surface area (Å²) in [5, 5.41) is 2.16. The van der Waals surface area contributed by atoms with E-state index < -0.39 is 0 Å². The topological polar surface area (TPSA) is 50.8 Å². The van der Waals surface area contributed by atoms with E-state index in [0.29, 0.717) is 0 Å². The molecule has 2 unspecified atom stereocenters. The Balaban J connectivity index is 1.45. The molecule has 2 aromatic heterocycles. The standard InChI is InChI=1S/C39H37N3O/c1-8-33-29-14-12-11-13-28(29)30(34(9-2)42-33)18-15-26-16-20-32-31-19-17-27(37-23(4)21-24(5)41-25(37)6)22-36(31)43-39(32)38(26)35(10-3)40-7/h8-14,16-17,19-22,30,34H,1-3,15,18H2,4-7H3/b40-35-. The van der Waals surface area contributed by atoms with Crippen molar-refractivity contribution in [2.24, 2.45) is 9.98 Å². The summed E-state index contributed by atoms with van der Waals surface area (Å²) in [6.45, 7) is 18.5. The van der Waals surface area contributed by atoms with Crippen LogP contribution in [-0.4, -0.2) is 29.5 Å². The van der Waals surface area contributed by atoms with Crippen molar-refractivity contribution in [3.8, 4) is 11.1 Å². The van der Waals surface area contributed by atoms with Gasteiger partial charge in [0.2, 0.25) is 0 Å². The molecular formula is C39H37N3O. The van der Waals surface area contributed by atoms with Gasteiger partial charge in [-0.3, -0.25) is 15.0 Å². The van der Waals surface area contributed by atoms with Gasteiger partial charge in [-0.2, -0.15) is 0 Å². The van der Waals surface area contributed by atoms with Gasteiger partial charge in [0.15, 0.2) is 0 Å². The first-order valence-electron chi connectivity index (χ1n) is 14.8. The molecule has 4 heteroatoms. The molecule has 0 saturated carbocycles. The van der Waals surface area contributed by atoms with Crippen molar-refractivity contribution in [2.45, 2.75) is 45.6 Å². The third kappa shape index (κ3) is 4.87. The van der Waals surface area contributed by atoms with Gasteiger partial charge in [-0.15, -0.1) is 6.58 Å². The average molecular weight is 564 g/mol. The van der Waals surface area contributed by atoms with Gasteiger partial charge in [0.05, 0.1) is 17.5 Å². The van der Waals surface area contributed by atoms with Crippen molar-refractivity contribution in [3.05, 3.63) is 138 Å². The Bertz CT molecular complexity index is 1960. The second kappa shape index (κ2) is 11.4. The molecule has 0 bridgehead atoms. The molecule has 0 radical (unpaired) electrons. The van der Waals surface area contributed by atoms with Crippen LogP contribution in [0.1, 0.15) is 51.5 Å². The summed E-state index contributed by atoms with van der Waals surface area (Å²) in [6, 6.07) is 21.5. The lowest BCUT2D eigenvalue weighted by Crippen LogP contribution is -2.24. The third-order valence-electron chi connectivity index (χ3n) is 8.73. The molecule has 0 saturated heterocycles. The minimum atomic E-state index is -0.0124. The van der Waals surface area contributed by atoms with Gasteiger partial charge in [-0.05, 0) is 86.2 Å². The van der Waals surface area contributed by atoms with Crippen LogP contribution in [-0.2, 0) is 6.42 Å². The van der Waals surface area contributed by atoms with Crippen LogP contribution in [0.15, 0.2) is 113 Å². The minimum absolute atomic E-state index is 0.0124. The molecule has 3 aromatic carbocycles.